The number of amides is 1. The average molecular weight is 591 g/mol. The Morgan fingerprint density at radius 1 is 1.07 bits per heavy atom. The van der Waals surface area contributed by atoms with E-state index in [0.29, 0.717) is 23.1 Å². The molecule has 1 aromatic carbocycles. The molecular formula is C34H38N8O2. The molecule has 0 spiro atoms. The van der Waals surface area contributed by atoms with Gasteiger partial charge >= 0.3 is 0 Å². The minimum absolute atomic E-state index is 0.00630. The van der Waals surface area contributed by atoms with Gasteiger partial charge in [0.1, 0.15) is 22.7 Å². The molecule has 4 aromatic heterocycles. The molecule has 3 aliphatic rings. The lowest BCUT2D eigenvalue weighted by molar-refractivity contribution is 0.0700. The van der Waals surface area contributed by atoms with Gasteiger partial charge in [-0.15, -0.1) is 0 Å². The number of aryl methyl sites for hydroxylation is 3. The van der Waals surface area contributed by atoms with Crippen LogP contribution in [-0.2, 0) is 13.6 Å². The molecule has 5 aromatic rings. The summed E-state index contributed by atoms with van der Waals surface area (Å²) in [6.07, 6.45) is 8.25. The summed E-state index contributed by atoms with van der Waals surface area (Å²) < 4.78 is 10.3. The van der Waals surface area contributed by atoms with Gasteiger partial charge in [-0.05, 0) is 92.8 Å². The van der Waals surface area contributed by atoms with Gasteiger partial charge in [0.15, 0.2) is 5.82 Å². The van der Waals surface area contributed by atoms with E-state index in [9.17, 15) is 4.79 Å². The maximum absolute atomic E-state index is 13.7. The first kappa shape index (κ1) is 27.1. The molecule has 1 saturated heterocycles. The van der Waals surface area contributed by atoms with Gasteiger partial charge in [0.05, 0.1) is 18.3 Å². The molecule has 8 rings (SSSR count). The number of imidazole rings is 1. The maximum Gasteiger partial charge on any atom is 0.254 e. The van der Waals surface area contributed by atoms with Gasteiger partial charge in [0.2, 0.25) is 0 Å². The number of rotatable bonds is 7. The van der Waals surface area contributed by atoms with Crippen molar-refractivity contribution in [3.8, 4) is 17.3 Å². The van der Waals surface area contributed by atoms with Crippen LogP contribution in [0.5, 0.6) is 5.75 Å². The number of nitrogens with one attached hydrogen (secondary N) is 1. The number of piperidine rings is 1. The summed E-state index contributed by atoms with van der Waals surface area (Å²) in [6, 6.07) is 10.3. The Kier molecular flexibility index (Phi) is 6.20. The first-order chi connectivity index (χ1) is 21.3. The monoisotopic (exact) mass is 590 g/mol. The van der Waals surface area contributed by atoms with Crippen molar-refractivity contribution in [1.29, 1.82) is 0 Å². The van der Waals surface area contributed by atoms with E-state index in [1.54, 1.807) is 7.11 Å². The molecule has 1 aliphatic heterocycles. The van der Waals surface area contributed by atoms with Crippen LogP contribution in [0.2, 0.25) is 0 Å². The van der Waals surface area contributed by atoms with Gasteiger partial charge in [-0.1, -0.05) is 0 Å². The number of pyridine rings is 2. The van der Waals surface area contributed by atoms with Crippen molar-refractivity contribution in [1.82, 2.24) is 29.0 Å². The smallest absolute Gasteiger partial charge is 0.254 e. The molecule has 3 N–H and O–H groups in total. The normalized spacial score (nSPS) is 21.1. The van der Waals surface area contributed by atoms with Crippen LogP contribution >= 0.6 is 0 Å². The number of nitrogens with zero attached hydrogens (tertiary/aromatic N) is 6. The van der Waals surface area contributed by atoms with Crippen LogP contribution in [0.15, 0.2) is 42.7 Å². The Morgan fingerprint density at radius 3 is 2.55 bits per heavy atom. The molecule has 2 aliphatic carbocycles. The number of nitrogens with two attached hydrogens (primary N) is 1. The third-order valence-electron chi connectivity index (χ3n) is 10.0. The van der Waals surface area contributed by atoms with E-state index in [1.165, 1.54) is 12.8 Å². The number of benzene rings is 1. The fourth-order valence-electron chi connectivity index (χ4n) is 7.42. The minimum Gasteiger partial charge on any atom is -0.494 e. The summed E-state index contributed by atoms with van der Waals surface area (Å²) in [4.78, 5) is 30.2. The number of likely N-dealkylation sites (tertiary alicyclic amines) is 1. The van der Waals surface area contributed by atoms with Gasteiger partial charge in [-0.25, -0.2) is 9.97 Å². The largest absolute Gasteiger partial charge is 0.494 e. The average Bonchev–Trinajstić information content (AvgIpc) is 3.43. The van der Waals surface area contributed by atoms with Crippen molar-refractivity contribution in [3.05, 3.63) is 59.4 Å². The van der Waals surface area contributed by atoms with Crippen LogP contribution in [0.25, 0.3) is 33.6 Å². The van der Waals surface area contributed by atoms with Crippen molar-refractivity contribution >= 4 is 39.5 Å². The number of methoxy groups -OCH3 is 1. The second-order valence-electron chi connectivity index (χ2n) is 12.9. The molecule has 5 heterocycles. The fourth-order valence-corrected chi connectivity index (χ4v) is 7.42. The lowest BCUT2D eigenvalue weighted by atomic mass is 10.1. The zero-order valence-electron chi connectivity index (χ0n) is 25.7. The third kappa shape index (κ3) is 4.26. The molecule has 2 saturated carbocycles. The van der Waals surface area contributed by atoms with Crippen molar-refractivity contribution < 1.29 is 9.53 Å². The first-order valence-corrected chi connectivity index (χ1v) is 15.6. The molecule has 3 atom stereocenters. The Hall–Kier alpha value is -4.44. The fraction of sp³-hybridized carbons (Fsp3) is 0.412. The van der Waals surface area contributed by atoms with E-state index >= 15 is 0 Å². The standard InChI is InChI=1S/C34H38N8O2/c1-18-14-36-15-19(2)30(18)38-28-10-8-21-12-26(41(32(21)39-28)16-20-5-6-20)33-37-24-11-23(13-27(44-4)31(24)40(33)3)34(43)42-17-22-7-9-25(42)29(22)35/h8,10-15,20,22,25,29H,5-7,9,16-17,35H2,1-4H3,(H,36,38,39)/t22?,25?,29-/m1/s1. The summed E-state index contributed by atoms with van der Waals surface area (Å²) >= 11 is 0. The highest BCUT2D eigenvalue weighted by molar-refractivity contribution is 6.00. The number of carbonyl (C=O) groups excluding carboxylic acids is 1. The quantitative estimate of drug-likeness (QED) is 0.263. The Labute approximate surface area is 256 Å². The van der Waals surface area contributed by atoms with E-state index in [0.717, 1.165) is 82.1 Å². The van der Waals surface area contributed by atoms with E-state index < -0.39 is 0 Å². The lowest BCUT2D eigenvalue weighted by Gasteiger charge is -2.27. The Morgan fingerprint density at radius 2 is 1.86 bits per heavy atom. The van der Waals surface area contributed by atoms with Gasteiger partial charge in [-0.2, -0.15) is 0 Å². The van der Waals surface area contributed by atoms with Crippen LogP contribution in [0.1, 0.15) is 47.2 Å². The van der Waals surface area contributed by atoms with Crippen LogP contribution in [0, 0.1) is 25.7 Å². The summed E-state index contributed by atoms with van der Waals surface area (Å²) in [7, 11) is 3.67. The van der Waals surface area contributed by atoms with E-state index in [1.807, 2.05) is 42.5 Å². The molecule has 2 bridgehead atoms. The lowest BCUT2D eigenvalue weighted by Crippen LogP contribution is -2.41. The Bertz CT molecular complexity index is 1930. The van der Waals surface area contributed by atoms with Crippen molar-refractivity contribution in [2.45, 2.75) is 58.2 Å². The summed E-state index contributed by atoms with van der Waals surface area (Å²) in [5, 5.41) is 4.59. The van der Waals surface area contributed by atoms with E-state index in [4.69, 9.17) is 20.4 Å². The molecule has 226 valence electrons. The predicted molar refractivity (Wildman–Crippen MR) is 171 cm³/mol. The van der Waals surface area contributed by atoms with Crippen molar-refractivity contribution in [3.63, 3.8) is 0 Å². The highest BCUT2D eigenvalue weighted by Crippen LogP contribution is 2.40. The van der Waals surface area contributed by atoms with E-state index in [2.05, 4.69) is 45.4 Å². The van der Waals surface area contributed by atoms with Crippen molar-refractivity contribution in [2.75, 3.05) is 19.0 Å². The zero-order chi connectivity index (χ0) is 30.3. The summed E-state index contributed by atoms with van der Waals surface area (Å²) in [6.45, 7) is 5.71. The molecule has 10 nitrogen and oxygen atoms in total. The van der Waals surface area contributed by atoms with Gasteiger partial charge in [-0.3, -0.25) is 9.78 Å². The second kappa shape index (κ2) is 10.1. The second-order valence-corrected chi connectivity index (χ2v) is 12.9. The number of hydrogen-bond acceptors (Lipinski definition) is 7. The van der Waals surface area contributed by atoms with Gasteiger partial charge in [0.25, 0.3) is 5.91 Å². The van der Waals surface area contributed by atoms with Crippen LogP contribution < -0.4 is 15.8 Å². The first-order valence-electron chi connectivity index (χ1n) is 15.6. The molecule has 0 radical (unpaired) electrons. The highest BCUT2D eigenvalue weighted by atomic mass is 16.5. The minimum atomic E-state index is 0.00630. The summed E-state index contributed by atoms with van der Waals surface area (Å²) in [5.74, 6) is 3.28. The number of fused-ring (bicyclic) bond motifs is 4. The van der Waals surface area contributed by atoms with Gasteiger partial charge < -0.3 is 29.8 Å². The third-order valence-corrected chi connectivity index (χ3v) is 10.0. The van der Waals surface area contributed by atoms with Crippen LogP contribution in [0.4, 0.5) is 11.5 Å². The number of carbonyl (C=O) groups is 1. The van der Waals surface area contributed by atoms with Crippen molar-refractivity contribution in [2.24, 2.45) is 24.6 Å². The zero-order valence-corrected chi connectivity index (χ0v) is 25.7. The predicted octanol–water partition coefficient (Wildman–Crippen LogP) is 5.33. The van der Waals surface area contributed by atoms with Crippen LogP contribution in [0.3, 0.4) is 0 Å². The molecule has 2 unspecified atom stereocenters. The van der Waals surface area contributed by atoms with Crippen LogP contribution in [-0.4, -0.2) is 60.6 Å². The highest BCUT2D eigenvalue weighted by Gasteiger charge is 2.47. The molecule has 44 heavy (non-hydrogen) atoms. The van der Waals surface area contributed by atoms with Gasteiger partial charge in [0, 0.05) is 61.3 Å². The molecular weight excluding hydrogens is 552 g/mol. The van der Waals surface area contributed by atoms with E-state index in [-0.39, 0.29) is 18.0 Å². The molecule has 3 fully saturated rings. The number of anilines is 2. The summed E-state index contributed by atoms with van der Waals surface area (Å²) in [5.41, 5.74) is 13.7. The molecule has 1 amide bonds. The SMILES string of the molecule is COc1cc(C(=O)N2CC3CCC2[C@@H]3N)cc2nc(-c3cc4ccc(Nc5c(C)cncc5C)nc4n3CC3CC3)n(C)c12. The number of hydrogen-bond donors (Lipinski definition) is 2. The maximum atomic E-state index is 13.7. The number of ether oxygens (including phenoxy) is 1. The number of aromatic nitrogens is 5. The topological polar surface area (TPSA) is 116 Å². The Balaban J connectivity index is 1.21. The molecule has 10 heteroatoms.